The van der Waals surface area contributed by atoms with Gasteiger partial charge in [-0.05, 0) is 13.0 Å². The summed E-state index contributed by atoms with van der Waals surface area (Å²) in [6.07, 6.45) is 5.71. The van der Waals surface area contributed by atoms with Crippen LogP contribution in [-0.2, 0) is 24.4 Å². The van der Waals surface area contributed by atoms with Crippen LogP contribution in [0.25, 0.3) is 0 Å². The van der Waals surface area contributed by atoms with E-state index in [0.717, 1.165) is 32.8 Å². The van der Waals surface area contributed by atoms with Gasteiger partial charge in [-0.1, -0.05) is 0 Å². The number of hydrogen-bond acceptors (Lipinski definition) is 4. The minimum atomic E-state index is 0.350. The first-order valence-electron chi connectivity index (χ1n) is 7.08. The number of methoxy groups -OCH3 is 1. The van der Waals surface area contributed by atoms with Crippen molar-refractivity contribution in [1.29, 1.82) is 0 Å². The molecule has 5 nitrogen and oxygen atoms in total. The Labute approximate surface area is 119 Å². The van der Waals surface area contributed by atoms with Gasteiger partial charge in [0, 0.05) is 56.5 Å². The quantitative estimate of drug-likeness (QED) is 0.839. The predicted molar refractivity (Wildman–Crippen MR) is 75.3 cm³/mol. The smallest absolute Gasteiger partial charge is 0.0947 e. The number of nitrogens with zero attached hydrogens (tertiary/aromatic N) is 3. The van der Waals surface area contributed by atoms with E-state index in [-0.39, 0.29) is 0 Å². The molecule has 1 aliphatic heterocycles. The lowest BCUT2D eigenvalue weighted by Crippen LogP contribution is -2.34. The first-order valence-corrected chi connectivity index (χ1v) is 7.08. The lowest BCUT2D eigenvalue weighted by atomic mass is 9.97. The standard InChI is InChI=1S/C15H21N3O2/c1-3-18-9-13-7-17(6-12-4-5-20-10-12)8-14(11-19-2)15(13)16-18/h4-5,9-10,14H,3,6-8,11H2,1-2H3/t14-/m0/s1. The predicted octanol–water partition coefficient (Wildman–Crippen LogP) is 2.24. The zero-order valence-corrected chi connectivity index (χ0v) is 12.1. The van der Waals surface area contributed by atoms with Gasteiger partial charge in [0.2, 0.25) is 0 Å². The van der Waals surface area contributed by atoms with Crippen molar-refractivity contribution in [2.24, 2.45) is 0 Å². The highest BCUT2D eigenvalue weighted by Crippen LogP contribution is 2.28. The highest BCUT2D eigenvalue weighted by Gasteiger charge is 2.28. The largest absolute Gasteiger partial charge is 0.472 e. The van der Waals surface area contributed by atoms with Crippen molar-refractivity contribution in [1.82, 2.24) is 14.7 Å². The van der Waals surface area contributed by atoms with E-state index in [1.807, 2.05) is 17.0 Å². The Kier molecular flexibility index (Phi) is 3.89. The number of aryl methyl sites for hydroxylation is 1. The zero-order chi connectivity index (χ0) is 13.9. The third kappa shape index (κ3) is 2.64. The second-order valence-corrected chi connectivity index (χ2v) is 5.35. The number of aromatic nitrogens is 2. The van der Waals surface area contributed by atoms with Crippen LogP contribution in [0.5, 0.6) is 0 Å². The van der Waals surface area contributed by atoms with E-state index in [1.54, 1.807) is 13.4 Å². The molecule has 0 amide bonds. The number of ether oxygens (including phenoxy) is 1. The Hall–Kier alpha value is -1.59. The number of furan rings is 1. The summed E-state index contributed by atoms with van der Waals surface area (Å²) in [5.74, 6) is 0.350. The van der Waals surface area contributed by atoms with E-state index >= 15 is 0 Å². The first-order chi connectivity index (χ1) is 9.80. The van der Waals surface area contributed by atoms with Crippen LogP contribution in [0.4, 0.5) is 0 Å². The van der Waals surface area contributed by atoms with Gasteiger partial charge in [0.1, 0.15) is 0 Å². The first kappa shape index (κ1) is 13.4. The molecular weight excluding hydrogens is 254 g/mol. The fourth-order valence-electron chi connectivity index (χ4n) is 2.90. The van der Waals surface area contributed by atoms with Crippen LogP contribution in [0.15, 0.2) is 29.2 Å². The molecule has 3 rings (SSSR count). The summed E-state index contributed by atoms with van der Waals surface area (Å²) in [6, 6.07) is 2.02. The molecule has 0 aliphatic carbocycles. The molecule has 2 aromatic rings. The highest BCUT2D eigenvalue weighted by molar-refractivity contribution is 5.25. The summed E-state index contributed by atoms with van der Waals surface area (Å²) in [4.78, 5) is 2.43. The zero-order valence-electron chi connectivity index (χ0n) is 12.1. The van der Waals surface area contributed by atoms with Crippen LogP contribution >= 0.6 is 0 Å². The van der Waals surface area contributed by atoms with Crippen LogP contribution in [0.1, 0.15) is 29.7 Å². The van der Waals surface area contributed by atoms with E-state index in [1.165, 1.54) is 16.8 Å². The average molecular weight is 275 g/mol. The second-order valence-electron chi connectivity index (χ2n) is 5.35. The highest BCUT2D eigenvalue weighted by atomic mass is 16.5. The molecule has 1 atom stereocenters. The second kappa shape index (κ2) is 5.81. The van der Waals surface area contributed by atoms with Crippen LogP contribution < -0.4 is 0 Å². The summed E-state index contributed by atoms with van der Waals surface area (Å²) in [5, 5.41) is 4.69. The molecule has 20 heavy (non-hydrogen) atoms. The van der Waals surface area contributed by atoms with Crippen molar-refractivity contribution < 1.29 is 9.15 Å². The van der Waals surface area contributed by atoms with Crippen molar-refractivity contribution >= 4 is 0 Å². The maximum Gasteiger partial charge on any atom is 0.0947 e. The van der Waals surface area contributed by atoms with Crippen LogP contribution in [0.2, 0.25) is 0 Å². The summed E-state index contributed by atoms with van der Waals surface area (Å²) >= 11 is 0. The SMILES string of the molecule is CCn1cc2c(n1)[C@H](COC)CN(Cc1ccoc1)C2. The molecule has 0 spiro atoms. The minimum Gasteiger partial charge on any atom is -0.472 e. The summed E-state index contributed by atoms with van der Waals surface area (Å²) in [6.45, 7) is 6.58. The maximum absolute atomic E-state index is 5.37. The molecule has 3 heterocycles. The third-order valence-electron chi connectivity index (χ3n) is 3.81. The lowest BCUT2D eigenvalue weighted by Gasteiger charge is -2.31. The molecule has 0 saturated carbocycles. The van der Waals surface area contributed by atoms with Crippen molar-refractivity contribution in [3.05, 3.63) is 41.6 Å². The van der Waals surface area contributed by atoms with Gasteiger partial charge in [-0.3, -0.25) is 9.58 Å². The van der Waals surface area contributed by atoms with Crippen LogP contribution in [-0.4, -0.2) is 34.9 Å². The van der Waals surface area contributed by atoms with Crippen LogP contribution in [0.3, 0.4) is 0 Å². The Bertz CT molecular complexity index is 547. The molecule has 108 valence electrons. The van der Waals surface area contributed by atoms with Crippen molar-refractivity contribution in [2.75, 3.05) is 20.3 Å². The van der Waals surface area contributed by atoms with E-state index in [4.69, 9.17) is 14.3 Å². The van der Waals surface area contributed by atoms with Gasteiger partial charge >= 0.3 is 0 Å². The normalized spacial score (nSPS) is 19.2. The van der Waals surface area contributed by atoms with E-state index in [9.17, 15) is 0 Å². The lowest BCUT2D eigenvalue weighted by molar-refractivity contribution is 0.134. The van der Waals surface area contributed by atoms with Gasteiger partial charge in [0.15, 0.2) is 0 Å². The molecule has 1 aliphatic rings. The Morgan fingerprint density at radius 3 is 3.10 bits per heavy atom. The van der Waals surface area contributed by atoms with Crippen molar-refractivity contribution in [3.63, 3.8) is 0 Å². The van der Waals surface area contributed by atoms with Gasteiger partial charge in [0.25, 0.3) is 0 Å². The maximum atomic E-state index is 5.37. The number of rotatable bonds is 5. The third-order valence-corrected chi connectivity index (χ3v) is 3.81. The molecule has 5 heteroatoms. The van der Waals surface area contributed by atoms with Crippen molar-refractivity contribution in [2.45, 2.75) is 32.5 Å². The number of hydrogen-bond donors (Lipinski definition) is 0. The molecule has 0 N–H and O–H groups in total. The molecule has 0 fully saturated rings. The topological polar surface area (TPSA) is 43.4 Å². The Balaban J connectivity index is 1.80. The fourth-order valence-corrected chi connectivity index (χ4v) is 2.90. The molecule has 2 aromatic heterocycles. The van der Waals surface area contributed by atoms with E-state index < -0.39 is 0 Å². The number of fused-ring (bicyclic) bond motifs is 1. The molecular formula is C15H21N3O2. The van der Waals surface area contributed by atoms with Crippen LogP contribution in [0, 0.1) is 0 Å². The van der Waals surface area contributed by atoms with Gasteiger partial charge in [-0.2, -0.15) is 5.10 Å². The molecule has 0 radical (unpaired) electrons. The summed E-state index contributed by atoms with van der Waals surface area (Å²) in [7, 11) is 1.76. The Morgan fingerprint density at radius 2 is 2.40 bits per heavy atom. The summed E-state index contributed by atoms with van der Waals surface area (Å²) in [5.41, 5.74) is 3.74. The fraction of sp³-hybridized carbons (Fsp3) is 0.533. The van der Waals surface area contributed by atoms with Gasteiger partial charge in [-0.15, -0.1) is 0 Å². The van der Waals surface area contributed by atoms with E-state index in [0.29, 0.717) is 5.92 Å². The van der Waals surface area contributed by atoms with Gasteiger partial charge < -0.3 is 9.15 Å². The molecule has 0 aromatic carbocycles. The Morgan fingerprint density at radius 1 is 1.50 bits per heavy atom. The summed E-state index contributed by atoms with van der Waals surface area (Å²) < 4.78 is 12.5. The van der Waals surface area contributed by atoms with E-state index in [2.05, 4.69) is 18.0 Å². The minimum absolute atomic E-state index is 0.350. The molecule has 0 unspecified atom stereocenters. The van der Waals surface area contributed by atoms with Gasteiger partial charge in [-0.25, -0.2) is 0 Å². The van der Waals surface area contributed by atoms with Gasteiger partial charge in [0.05, 0.1) is 24.8 Å². The monoisotopic (exact) mass is 275 g/mol. The molecule has 0 bridgehead atoms. The van der Waals surface area contributed by atoms with Crippen molar-refractivity contribution in [3.8, 4) is 0 Å². The average Bonchev–Trinajstić information content (AvgIpc) is 3.08. The molecule has 0 saturated heterocycles.